The van der Waals surface area contributed by atoms with Crippen molar-refractivity contribution in [2.75, 3.05) is 4.90 Å². The summed E-state index contributed by atoms with van der Waals surface area (Å²) in [6.45, 7) is 13.5. The van der Waals surface area contributed by atoms with Crippen molar-refractivity contribution in [2.45, 2.75) is 77.8 Å². The SMILES string of the molecule is CCC(C)(C)N1C(=O)c2ccc(Oc3ccc(C(C)(C)c4ccc(Oc5ccc6c(c5)C(=O)N(c5cc(C(=O)c7ccc(-c8ccccc8)cc7)cc(C(C)(CC)N7C(=O)c8ccc(-c9ccccc9)cc8C7=O)c5)C6=O)cc4)cc3)cc2C1=O. The van der Waals surface area contributed by atoms with E-state index in [4.69, 9.17) is 9.47 Å². The Balaban J connectivity index is 0.795. The number of ether oxygens (including phenoxy) is 2. The highest BCUT2D eigenvalue weighted by Gasteiger charge is 2.48. The summed E-state index contributed by atoms with van der Waals surface area (Å²) < 4.78 is 12.5. The summed E-state index contributed by atoms with van der Waals surface area (Å²) in [5.41, 5.74) is 5.49. The van der Waals surface area contributed by atoms with E-state index in [1.54, 1.807) is 73.7 Å². The van der Waals surface area contributed by atoms with E-state index in [1.807, 2.05) is 155 Å². The summed E-state index contributed by atoms with van der Waals surface area (Å²) in [5, 5.41) is 0. The molecule has 6 amide bonds. The number of benzene rings is 9. The predicted molar refractivity (Wildman–Crippen MR) is 326 cm³/mol. The first-order valence-corrected chi connectivity index (χ1v) is 28.4. The molecule has 420 valence electrons. The molecule has 0 fully saturated rings. The van der Waals surface area contributed by atoms with Crippen molar-refractivity contribution in [3.8, 4) is 45.3 Å². The molecular formula is C73H59N3O9. The van der Waals surface area contributed by atoms with E-state index < -0.39 is 45.9 Å². The van der Waals surface area contributed by atoms with E-state index in [2.05, 4.69) is 13.8 Å². The van der Waals surface area contributed by atoms with E-state index in [0.29, 0.717) is 51.7 Å². The third kappa shape index (κ3) is 9.59. The van der Waals surface area contributed by atoms with Gasteiger partial charge in [-0.25, -0.2) is 4.90 Å². The number of carbonyl (C=O) groups excluding carboxylic acids is 7. The minimum Gasteiger partial charge on any atom is -0.457 e. The van der Waals surface area contributed by atoms with Gasteiger partial charge in [-0.05, 0) is 164 Å². The highest BCUT2D eigenvalue weighted by molar-refractivity contribution is 6.35. The zero-order chi connectivity index (χ0) is 59.7. The van der Waals surface area contributed by atoms with E-state index in [9.17, 15) is 33.6 Å². The lowest BCUT2D eigenvalue weighted by molar-refractivity contribution is 0.0429. The number of ketones is 1. The van der Waals surface area contributed by atoms with Crippen LogP contribution in [0.1, 0.15) is 156 Å². The van der Waals surface area contributed by atoms with Crippen molar-refractivity contribution >= 4 is 46.9 Å². The number of hydrogen-bond acceptors (Lipinski definition) is 9. The van der Waals surface area contributed by atoms with Crippen LogP contribution in [0.25, 0.3) is 22.3 Å². The van der Waals surface area contributed by atoms with Crippen LogP contribution in [0.2, 0.25) is 0 Å². The largest absolute Gasteiger partial charge is 0.457 e. The normalized spacial score (nSPS) is 14.6. The fraction of sp³-hybridized carbons (Fsp3) is 0.164. The molecule has 12 rings (SSSR count). The number of amides is 6. The van der Waals surface area contributed by atoms with Gasteiger partial charge in [0.1, 0.15) is 23.0 Å². The molecule has 0 aliphatic carbocycles. The second-order valence-electron chi connectivity index (χ2n) is 23.1. The van der Waals surface area contributed by atoms with Crippen molar-refractivity contribution in [1.29, 1.82) is 0 Å². The first kappa shape index (κ1) is 55.2. The first-order chi connectivity index (χ1) is 40.8. The lowest BCUT2D eigenvalue weighted by Gasteiger charge is -2.38. The summed E-state index contributed by atoms with van der Waals surface area (Å²) in [4.78, 5) is 103. The maximum atomic E-state index is 14.8. The smallest absolute Gasteiger partial charge is 0.266 e. The molecule has 1 atom stereocenters. The molecule has 1 unspecified atom stereocenters. The molecule has 0 radical (unpaired) electrons. The average Bonchev–Trinajstić information content (AvgIpc) is 2.30. The van der Waals surface area contributed by atoms with E-state index in [-0.39, 0.29) is 51.7 Å². The van der Waals surface area contributed by atoms with Crippen LogP contribution in [-0.2, 0) is 11.0 Å². The van der Waals surface area contributed by atoms with Crippen molar-refractivity contribution in [3.05, 3.63) is 267 Å². The Hall–Kier alpha value is -10.3. The highest BCUT2D eigenvalue weighted by Crippen LogP contribution is 2.44. The van der Waals surface area contributed by atoms with Gasteiger partial charge in [0, 0.05) is 22.1 Å². The fourth-order valence-electron chi connectivity index (χ4n) is 11.6. The molecule has 3 heterocycles. The number of carbonyl (C=O) groups is 7. The van der Waals surface area contributed by atoms with E-state index >= 15 is 0 Å². The number of imide groups is 3. The molecular weight excluding hydrogens is 1060 g/mol. The Bertz CT molecular complexity index is 4250. The lowest BCUT2D eigenvalue weighted by atomic mass is 9.78. The third-order valence-electron chi connectivity index (χ3n) is 17.3. The monoisotopic (exact) mass is 1120 g/mol. The maximum Gasteiger partial charge on any atom is 0.266 e. The lowest BCUT2D eigenvalue weighted by Crippen LogP contribution is -2.47. The zero-order valence-corrected chi connectivity index (χ0v) is 48.1. The predicted octanol–water partition coefficient (Wildman–Crippen LogP) is 15.7. The highest BCUT2D eigenvalue weighted by atomic mass is 16.5. The Kier molecular flexibility index (Phi) is 13.7. The number of anilines is 1. The molecule has 0 saturated heterocycles. The summed E-state index contributed by atoms with van der Waals surface area (Å²) >= 11 is 0. The third-order valence-corrected chi connectivity index (χ3v) is 17.3. The molecule has 0 saturated carbocycles. The minimum absolute atomic E-state index is 0.0946. The Morgan fingerprint density at radius 1 is 0.365 bits per heavy atom. The summed E-state index contributed by atoms with van der Waals surface area (Å²) in [5.74, 6) is -1.47. The first-order valence-electron chi connectivity index (χ1n) is 28.4. The molecule has 12 nitrogen and oxygen atoms in total. The van der Waals surface area contributed by atoms with Crippen LogP contribution in [0, 0.1) is 0 Å². The van der Waals surface area contributed by atoms with Gasteiger partial charge in [0.05, 0.1) is 44.6 Å². The van der Waals surface area contributed by atoms with Gasteiger partial charge in [-0.1, -0.05) is 143 Å². The van der Waals surface area contributed by atoms with Crippen LogP contribution >= 0.6 is 0 Å². The standard InChI is InChI=1S/C73H59N3O9/c1-8-71(3,4)75-67(80)60-37-34-57(43-63(60)69(75)82)85-55-31-27-51(28-32-55)72(5,6)50-25-29-54(30-26-50)84-56-33-36-58-62(42-56)66(79)74(65(58)78)53-39-49(64(77)47-22-20-46(21-23-47)44-16-12-10-13-17-44)38-52(41-53)73(7,9-2)76-68(81)59-35-24-48(40-61(59)70(76)83)45-18-14-11-15-19-45/h10-43H,8-9H2,1-7H3. The molecule has 85 heavy (non-hydrogen) atoms. The van der Waals surface area contributed by atoms with Crippen LogP contribution in [0.3, 0.4) is 0 Å². The van der Waals surface area contributed by atoms with Gasteiger partial charge in [-0.15, -0.1) is 0 Å². The number of hydrogen-bond donors (Lipinski definition) is 0. The van der Waals surface area contributed by atoms with Gasteiger partial charge >= 0.3 is 0 Å². The number of nitrogens with zero attached hydrogens (tertiary/aromatic N) is 3. The van der Waals surface area contributed by atoms with Crippen LogP contribution < -0.4 is 14.4 Å². The number of fused-ring (bicyclic) bond motifs is 3. The summed E-state index contributed by atoms with van der Waals surface area (Å²) in [6.07, 6.45) is 0.847. The zero-order valence-electron chi connectivity index (χ0n) is 48.1. The molecule has 12 heteroatoms. The topological polar surface area (TPSA) is 148 Å². The van der Waals surface area contributed by atoms with Gasteiger partial charge in [-0.2, -0.15) is 0 Å². The second kappa shape index (κ2) is 21.1. The van der Waals surface area contributed by atoms with Crippen LogP contribution in [0.5, 0.6) is 23.0 Å². The quantitative estimate of drug-likeness (QED) is 0.0681. The van der Waals surface area contributed by atoms with Crippen molar-refractivity contribution < 1.29 is 43.0 Å². The van der Waals surface area contributed by atoms with E-state index in [0.717, 1.165) is 38.3 Å². The Morgan fingerprint density at radius 3 is 1.33 bits per heavy atom. The van der Waals surface area contributed by atoms with Gasteiger partial charge < -0.3 is 9.47 Å². The van der Waals surface area contributed by atoms with Crippen molar-refractivity contribution in [1.82, 2.24) is 9.80 Å². The molecule has 0 bridgehead atoms. The van der Waals surface area contributed by atoms with Crippen molar-refractivity contribution in [2.24, 2.45) is 0 Å². The molecule has 9 aromatic carbocycles. The van der Waals surface area contributed by atoms with Gasteiger partial charge in [0.15, 0.2) is 5.78 Å². The summed E-state index contributed by atoms with van der Waals surface area (Å²) in [6, 6.07) is 61.5. The fourth-order valence-corrected chi connectivity index (χ4v) is 11.6. The molecule has 0 spiro atoms. The van der Waals surface area contributed by atoms with Crippen LogP contribution in [0.15, 0.2) is 206 Å². The second-order valence-corrected chi connectivity index (χ2v) is 23.1. The van der Waals surface area contributed by atoms with Crippen LogP contribution in [0.4, 0.5) is 5.69 Å². The summed E-state index contributed by atoms with van der Waals surface area (Å²) in [7, 11) is 0. The van der Waals surface area contributed by atoms with Crippen LogP contribution in [-0.4, -0.2) is 56.6 Å². The van der Waals surface area contributed by atoms with Gasteiger partial charge in [0.2, 0.25) is 0 Å². The molecule has 9 aromatic rings. The molecule has 0 aromatic heterocycles. The molecule has 3 aliphatic rings. The van der Waals surface area contributed by atoms with Crippen molar-refractivity contribution in [3.63, 3.8) is 0 Å². The van der Waals surface area contributed by atoms with Gasteiger partial charge in [-0.3, -0.25) is 43.4 Å². The van der Waals surface area contributed by atoms with E-state index in [1.165, 1.54) is 21.9 Å². The number of rotatable bonds is 16. The Morgan fingerprint density at radius 2 is 0.788 bits per heavy atom. The molecule has 0 N–H and O–H groups in total. The van der Waals surface area contributed by atoms with Gasteiger partial charge in [0.25, 0.3) is 35.4 Å². The average molecular weight is 1120 g/mol. The molecule has 3 aliphatic heterocycles. The Labute approximate surface area is 492 Å². The maximum absolute atomic E-state index is 14.8. The minimum atomic E-state index is -1.36.